The zero-order valence-electron chi connectivity index (χ0n) is 17.2. The molecule has 0 aromatic heterocycles. The molecular formula is C20H26N6O6. The Morgan fingerprint density at radius 1 is 1.19 bits per heavy atom. The predicted molar refractivity (Wildman–Crippen MR) is 114 cm³/mol. The minimum Gasteiger partial charge on any atom is -0.481 e. The van der Waals surface area contributed by atoms with Crippen LogP contribution in [-0.4, -0.2) is 65.2 Å². The highest BCUT2D eigenvalue weighted by Gasteiger charge is 2.36. The van der Waals surface area contributed by atoms with E-state index in [2.05, 4.69) is 26.3 Å². The number of carboxylic acids is 2. The van der Waals surface area contributed by atoms with Gasteiger partial charge in [0.15, 0.2) is 6.29 Å². The molecule has 3 rings (SSSR count). The lowest BCUT2D eigenvalue weighted by atomic mass is 9.88. The lowest BCUT2D eigenvalue weighted by Gasteiger charge is -2.35. The second kappa shape index (κ2) is 10.1. The molecule has 172 valence electrons. The van der Waals surface area contributed by atoms with Crippen LogP contribution < -0.4 is 27.0 Å². The molecule has 0 bridgehead atoms. The first-order valence-corrected chi connectivity index (χ1v) is 10.2. The molecule has 1 aromatic rings. The van der Waals surface area contributed by atoms with Gasteiger partial charge in [-0.15, -0.1) is 0 Å². The van der Waals surface area contributed by atoms with E-state index in [-0.39, 0.29) is 36.1 Å². The van der Waals surface area contributed by atoms with Crippen LogP contribution in [-0.2, 0) is 14.4 Å². The number of aliphatic imine (C=N–C) groups is 1. The molecule has 12 heteroatoms. The number of amides is 2. The number of carbonyl (C=O) groups is 4. The van der Waals surface area contributed by atoms with Crippen molar-refractivity contribution in [3.8, 4) is 0 Å². The number of nitrogens with one attached hydrogen (secondary N) is 4. The molecule has 12 nitrogen and oxygen atoms in total. The first-order valence-electron chi connectivity index (χ1n) is 10.2. The molecule has 2 unspecified atom stereocenters. The zero-order valence-corrected chi connectivity index (χ0v) is 17.2. The van der Waals surface area contributed by atoms with Gasteiger partial charge in [0.1, 0.15) is 11.9 Å². The van der Waals surface area contributed by atoms with Gasteiger partial charge in [-0.1, -0.05) is 0 Å². The molecule has 1 aromatic carbocycles. The summed E-state index contributed by atoms with van der Waals surface area (Å²) in [7, 11) is 0. The minimum atomic E-state index is -1.29. The molecule has 0 aliphatic carbocycles. The van der Waals surface area contributed by atoms with Crippen molar-refractivity contribution in [3.63, 3.8) is 0 Å². The highest BCUT2D eigenvalue weighted by atomic mass is 16.4. The topological polar surface area (TPSA) is 195 Å². The van der Waals surface area contributed by atoms with Crippen molar-refractivity contribution < 1.29 is 29.4 Å². The van der Waals surface area contributed by atoms with E-state index in [1.807, 2.05) is 0 Å². The first-order chi connectivity index (χ1) is 15.2. The Hall–Kier alpha value is -3.67. The number of nitrogens with zero attached hydrogens (tertiary/aromatic N) is 1. The van der Waals surface area contributed by atoms with Gasteiger partial charge in [-0.2, -0.15) is 0 Å². The molecule has 2 heterocycles. The number of carbonyl (C=O) groups excluding carboxylic acids is 2. The maximum Gasteiger partial charge on any atom is 0.326 e. The van der Waals surface area contributed by atoms with Gasteiger partial charge < -0.3 is 31.5 Å². The van der Waals surface area contributed by atoms with Crippen molar-refractivity contribution in [3.05, 3.63) is 29.8 Å². The molecule has 2 amide bonds. The van der Waals surface area contributed by atoms with Gasteiger partial charge in [0, 0.05) is 30.8 Å². The number of hydrogen-bond acceptors (Lipinski definition) is 8. The van der Waals surface area contributed by atoms with Gasteiger partial charge in [0.2, 0.25) is 5.91 Å². The Labute approximate surface area is 183 Å². The number of nitrogens with two attached hydrogens (primary N) is 1. The normalized spacial score (nSPS) is 23.0. The van der Waals surface area contributed by atoms with E-state index in [4.69, 9.17) is 15.9 Å². The first kappa shape index (κ1) is 23.0. The summed E-state index contributed by atoms with van der Waals surface area (Å²) in [4.78, 5) is 50.7. The van der Waals surface area contributed by atoms with Crippen LogP contribution in [0.4, 0.5) is 5.69 Å². The number of anilines is 1. The third-order valence-corrected chi connectivity index (χ3v) is 5.33. The molecule has 0 radical (unpaired) electrons. The summed E-state index contributed by atoms with van der Waals surface area (Å²) in [6.07, 6.45) is -0.559. The monoisotopic (exact) mass is 446 g/mol. The lowest BCUT2D eigenvalue weighted by molar-refractivity contribution is -0.140. The molecule has 4 atom stereocenters. The van der Waals surface area contributed by atoms with E-state index in [1.54, 1.807) is 24.3 Å². The quantitative estimate of drug-likeness (QED) is 0.252. The van der Waals surface area contributed by atoms with Crippen LogP contribution in [0, 0.1) is 11.8 Å². The van der Waals surface area contributed by atoms with E-state index in [0.29, 0.717) is 25.3 Å². The summed E-state index contributed by atoms with van der Waals surface area (Å²) in [5.41, 5.74) is 6.70. The van der Waals surface area contributed by atoms with E-state index in [0.717, 1.165) is 5.69 Å². The van der Waals surface area contributed by atoms with Crippen LogP contribution in [0.15, 0.2) is 29.3 Å². The van der Waals surface area contributed by atoms with Gasteiger partial charge in [-0.05, 0) is 43.0 Å². The second-order valence-electron chi connectivity index (χ2n) is 7.77. The average molecular weight is 446 g/mol. The molecule has 32 heavy (non-hydrogen) atoms. The molecule has 0 saturated carbocycles. The number of rotatable bonds is 9. The van der Waals surface area contributed by atoms with Crippen LogP contribution in [0.2, 0.25) is 0 Å². The Balaban J connectivity index is 1.51. The van der Waals surface area contributed by atoms with E-state index in [9.17, 15) is 19.2 Å². The van der Waals surface area contributed by atoms with Gasteiger partial charge in [0.25, 0.3) is 5.91 Å². The molecule has 1 saturated heterocycles. The van der Waals surface area contributed by atoms with Crippen LogP contribution >= 0.6 is 0 Å². The second-order valence-corrected chi connectivity index (χ2v) is 7.77. The third-order valence-electron chi connectivity index (χ3n) is 5.33. The van der Waals surface area contributed by atoms with Gasteiger partial charge in [-0.25, -0.2) is 4.79 Å². The number of hydrogen-bond donors (Lipinski definition) is 7. The molecule has 0 spiro atoms. The number of carboxylic acid groups (broad SMARTS) is 2. The maximum absolute atomic E-state index is 12.3. The zero-order chi connectivity index (χ0) is 23.3. The van der Waals surface area contributed by atoms with Crippen LogP contribution in [0.1, 0.15) is 29.6 Å². The minimum absolute atomic E-state index is 0.138. The number of benzene rings is 1. The largest absolute Gasteiger partial charge is 0.481 e. The fraction of sp³-hybridized carbons (Fsp3) is 0.450. The number of amidine groups is 1. The van der Waals surface area contributed by atoms with E-state index in [1.165, 1.54) is 0 Å². The van der Waals surface area contributed by atoms with Gasteiger partial charge in [0.05, 0.1) is 5.92 Å². The van der Waals surface area contributed by atoms with Crippen molar-refractivity contribution in [1.29, 1.82) is 0 Å². The molecule has 2 aliphatic heterocycles. The Kier molecular flexibility index (Phi) is 7.25. The maximum atomic E-state index is 12.3. The molecular weight excluding hydrogens is 420 g/mol. The Morgan fingerprint density at radius 2 is 1.91 bits per heavy atom. The smallest absolute Gasteiger partial charge is 0.326 e. The SMILES string of the molecule is NC1NC(=O)C2C[C@H](CNc3ccc(C(=O)N[C@@H](CCC(=O)O)C(=O)O)cc3)CN=C2N1. The van der Waals surface area contributed by atoms with Crippen LogP contribution in [0.3, 0.4) is 0 Å². The van der Waals surface area contributed by atoms with Crippen molar-refractivity contribution in [2.75, 3.05) is 18.4 Å². The fourth-order valence-electron chi connectivity index (χ4n) is 3.60. The van der Waals surface area contributed by atoms with Crippen molar-refractivity contribution >= 4 is 35.3 Å². The summed E-state index contributed by atoms with van der Waals surface area (Å²) in [5.74, 6) is -2.75. The highest BCUT2D eigenvalue weighted by molar-refractivity contribution is 6.05. The van der Waals surface area contributed by atoms with E-state index < -0.39 is 30.2 Å². The average Bonchev–Trinajstić information content (AvgIpc) is 2.75. The van der Waals surface area contributed by atoms with Crippen LogP contribution in [0.5, 0.6) is 0 Å². The summed E-state index contributed by atoms with van der Waals surface area (Å²) >= 11 is 0. The summed E-state index contributed by atoms with van der Waals surface area (Å²) < 4.78 is 0. The Morgan fingerprint density at radius 3 is 2.56 bits per heavy atom. The van der Waals surface area contributed by atoms with Gasteiger partial charge in [-0.3, -0.25) is 25.1 Å². The van der Waals surface area contributed by atoms with Crippen molar-refractivity contribution in [1.82, 2.24) is 16.0 Å². The van der Waals surface area contributed by atoms with Crippen molar-refractivity contribution in [2.45, 2.75) is 31.6 Å². The van der Waals surface area contributed by atoms with Crippen LogP contribution in [0.25, 0.3) is 0 Å². The van der Waals surface area contributed by atoms with Gasteiger partial charge >= 0.3 is 11.9 Å². The summed E-state index contributed by atoms with van der Waals surface area (Å²) in [6.45, 7) is 1.13. The molecule has 8 N–H and O–H groups in total. The molecule has 1 fully saturated rings. The fourth-order valence-corrected chi connectivity index (χ4v) is 3.60. The molecule has 2 aliphatic rings. The number of fused-ring (bicyclic) bond motifs is 1. The lowest BCUT2D eigenvalue weighted by Crippen LogP contribution is -2.64. The predicted octanol–water partition coefficient (Wildman–Crippen LogP) is -0.857. The highest BCUT2D eigenvalue weighted by Crippen LogP contribution is 2.22. The van der Waals surface area contributed by atoms with Crippen molar-refractivity contribution in [2.24, 2.45) is 22.6 Å². The third kappa shape index (κ3) is 5.94. The summed E-state index contributed by atoms with van der Waals surface area (Å²) in [5, 5.41) is 29.1. The Bertz CT molecular complexity index is 918. The standard InChI is InChI=1S/C20H26N6O6/c21-20-25-16-13(18(30)26-20)7-10(9-23-16)8-22-12-3-1-11(2-4-12)17(29)24-14(19(31)32)5-6-15(27)28/h1-4,10,13-14,20,22H,5-9,21H2,(H,23,25)(H,24,29)(H,26,30)(H,27,28)(H,31,32)/t10-,13?,14+,20?/m1/s1. The summed E-state index contributed by atoms with van der Waals surface area (Å²) in [6, 6.07) is 5.19. The van der Waals surface area contributed by atoms with E-state index >= 15 is 0 Å². The number of aliphatic carboxylic acids is 2.